The van der Waals surface area contributed by atoms with E-state index in [0.29, 0.717) is 17.1 Å². The minimum absolute atomic E-state index is 0.0261. The lowest BCUT2D eigenvalue weighted by Gasteiger charge is -2.14. The van der Waals surface area contributed by atoms with Crippen LogP contribution < -0.4 is 14.4 Å². The topological polar surface area (TPSA) is 92.8 Å². The van der Waals surface area contributed by atoms with Gasteiger partial charge >= 0.3 is 0 Å². The van der Waals surface area contributed by atoms with Gasteiger partial charge in [0.05, 0.1) is 23.4 Å². The molecule has 3 rings (SSSR count). The van der Waals surface area contributed by atoms with Crippen LogP contribution >= 0.6 is 0 Å². The van der Waals surface area contributed by atoms with Crippen LogP contribution in [0.2, 0.25) is 0 Å². The van der Waals surface area contributed by atoms with Crippen LogP contribution in [0.3, 0.4) is 0 Å². The van der Waals surface area contributed by atoms with Crippen LogP contribution in [0.5, 0.6) is 5.75 Å². The molecule has 2 aromatic rings. The number of imide groups is 1. The van der Waals surface area contributed by atoms with Gasteiger partial charge in [-0.2, -0.15) is 0 Å². The molecule has 0 aromatic heterocycles. The number of carbonyl (C=O) groups excluding carboxylic acids is 2. The van der Waals surface area contributed by atoms with Crippen LogP contribution in [0, 0.1) is 0 Å². The molecule has 0 unspecified atom stereocenters. The Labute approximate surface area is 145 Å². The molecule has 1 aliphatic heterocycles. The van der Waals surface area contributed by atoms with Gasteiger partial charge in [-0.15, -0.1) is 0 Å². The highest BCUT2D eigenvalue weighted by Crippen LogP contribution is 2.25. The van der Waals surface area contributed by atoms with E-state index in [1.165, 1.54) is 31.4 Å². The van der Waals surface area contributed by atoms with Crippen molar-refractivity contribution in [3.8, 4) is 5.75 Å². The van der Waals surface area contributed by atoms with Crippen molar-refractivity contribution in [3.63, 3.8) is 0 Å². The van der Waals surface area contributed by atoms with Crippen molar-refractivity contribution in [2.45, 2.75) is 17.7 Å². The molecule has 1 fully saturated rings. The third-order valence-corrected chi connectivity index (χ3v) is 5.18. The highest BCUT2D eigenvalue weighted by atomic mass is 32.2. The average molecular weight is 360 g/mol. The van der Waals surface area contributed by atoms with Gasteiger partial charge in [0.15, 0.2) is 0 Å². The summed E-state index contributed by atoms with van der Waals surface area (Å²) in [5.41, 5.74) is 0.737. The van der Waals surface area contributed by atoms with Crippen molar-refractivity contribution < 1.29 is 22.7 Å². The minimum atomic E-state index is -3.80. The zero-order valence-corrected chi connectivity index (χ0v) is 14.2. The normalized spacial score (nSPS) is 14.7. The van der Waals surface area contributed by atoms with Gasteiger partial charge in [0.2, 0.25) is 11.8 Å². The minimum Gasteiger partial charge on any atom is -0.497 e. The molecule has 0 radical (unpaired) electrons. The van der Waals surface area contributed by atoms with E-state index in [1.807, 2.05) is 0 Å². The van der Waals surface area contributed by atoms with Crippen molar-refractivity contribution in [3.05, 3.63) is 48.5 Å². The van der Waals surface area contributed by atoms with Crippen molar-refractivity contribution in [1.29, 1.82) is 0 Å². The number of carbonyl (C=O) groups is 2. The van der Waals surface area contributed by atoms with E-state index in [2.05, 4.69) is 4.72 Å². The molecule has 0 aliphatic carbocycles. The van der Waals surface area contributed by atoms with Crippen molar-refractivity contribution >= 4 is 33.2 Å². The first-order valence-electron chi connectivity index (χ1n) is 7.53. The van der Waals surface area contributed by atoms with Crippen LogP contribution in [-0.2, 0) is 19.6 Å². The fourth-order valence-corrected chi connectivity index (χ4v) is 3.59. The zero-order valence-electron chi connectivity index (χ0n) is 13.4. The average Bonchev–Trinajstić information content (AvgIpc) is 2.93. The molecule has 8 heteroatoms. The first kappa shape index (κ1) is 17.0. The molecule has 1 heterocycles. The lowest BCUT2D eigenvalue weighted by atomic mass is 10.3. The molecule has 0 bridgehead atoms. The Morgan fingerprint density at radius 2 is 1.64 bits per heavy atom. The van der Waals surface area contributed by atoms with E-state index in [9.17, 15) is 18.0 Å². The second-order valence-corrected chi connectivity index (χ2v) is 7.14. The summed E-state index contributed by atoms with van der Waals surface area (Å²) in [6, 6.07) is 12.2. The summed E-state index contributed by atoms with van der Waals surface area (Å²) in [5.74, 6) is -0.0353. The summed E-state index contributed by atoms with van der Waals surface area (Å²) in [6.07, 6.45) is 0.354. The van der Waals surface area contributed by atoms with E-state index in [4.69, 9.17) is 4.74 Å². The Hall–Kier alpha value is -2.87. The summed E-state index contributed by atoms with van der Waals surface area (Å²) in [4.78, 5) is 24.6. The molecule has 1 saturated heterocycles. The van der Waals surface area contributed by atoms with Crippen LogP contribution in [-0.4, -0.2) is 27.3 Å². The summed E-state index contributed by atoms with van der Waals surface area (Å²) in [6.45, 7) is 0. The van der Waals surface area contributed by atoms with Crippen molar-refractivity contribution in [2.75, 3.05) is 16.7 Å². The molecule has 130 valence electrons. The first-order valence-corrected chi connectivity index (χ1v) is 9.02. The lowest BCUT2D eigenvalue weighted by molar-refractivity contribution is -0.121. The van der Waals surface area contributed by atoms with E-state index in [-0.39, 0.29) is 29.6 Å². The smallest absolute Gasteiger partial charge is 0.261 e. The zero-order chi connectivity index (χ0) is 18.0. The molecule has 0 spiro atoms. The largest absolute Gasteiger partial charge is 0.497 e. The monoisotopic (exact) mass is 360 g/mol. The van der Waals surface area contributed by atoms with Gasteiger partial charge in [0.25, 0.3) is 10.0 Å². The molecule has 1 aliphatic rings. The van der Waals surface area contributed by atoms with Crippen molar-refractivity contribution in [2.24, 2.45) is 0 Å². The van der Waals surface area contributed by atoms with Crippen LogP contribution in [0.4, 0.5) is 11.4 Å². The van der Waals surface area contributed by atoms with Crippen LogP contribution in [0.15, 0.2) is 53.4 Å². The number of hydrogen-bond donors (Lipinski definition) is 1. The summed E-state index contributed by atoms with van der Waals surface area (Å²) in [5, 5.41) is 0. The number of anilines is 2. The number of sulfonamides is 1. The van der Waals surface area contributed by atoms with Gasteiger partial charge in [0, 0.05) is 18.9 Å². The van der Waals surface area contributed by atoms with Gasteiger partial charge in [0.1, 0.15) is 5.75 Å². The molecule has 2 aromatic carbocycles. The highest BCUT2D eigenvalue weighted by molar-refractivity contribution is 7.92. The number of rotatable bonds is 5. The maximum absolute atomic E-state index is 12.5. The second-order valence-electron chi connectivity index (χ2n) is 5.45. The Balaban J connectivity index is 1.83. The molecule has 7 nitrogen and oxygen atoms in total. The van der Waals surface area contributed by atoms with Gasteiger partial charge < -0.3 is 4.74 Å². The third kappa shape index (κ3) is 3.48. The first-order chi connectivity index (χ1) is 11.9. The molecule has 2 amide bonds. The van der Waals surface area contributed by atoms with Crippen LogP contribution in [0.1, 0.15) is 12.8 Å². The molecule has 1 N–H and O–H groups in total. The maximum Gasteiger partial charge on any atom is 0.261 e. The standard InChI is InChI=1S/C17H16N2O5S/c1-24-14-4-2-3-12(11-14)18-25(22,23)15-7-5-13(6-8-15)19-16(20)9-10-17(19)21/h2-8,11,18H,9-10H2,1H3. The fourth-order valence-electron chi connectivity index (χ4n) is 2.54. The number of nitrogens with one attached hydrogen (secondary N) is 1. The quantitative estimate of drug-likeness (QED) is 0.825. The molecular weight excluding hydrogens is 344 g/mol. The lowest BCUT2D eigenvalue weighted by Crippen LogP contribution is -2.28. The highest BCUT2D eigenvalue weighted by Gasteiger charge is 2.30. The maximum atomic E-state index is 12.5. The summed E-state index contributed by atoms with van der Waals surface area (Å²) < 4.78 is 32.5. The van der Waals surface area contributed by atoms with E-state index >= 15 is 0 Å². The van der Waals surface area contributed by atoms with Crippen LogP contribution in [0.25, 0.3) is 0 Å². The van der Waals surface area contributed by atoms with E-state index in [1.54, 1.807) is 24.3 Å². The van der Waals surface area contributed by atoms with Gasteiger partial charge in [-0.3, -0.25) is 19.2 Å². The number of nitrogens with zero attached hydrogens (tertiary/aromatic N) is 1. The molecule has 0 atom stereocenters. The van der Waals surface area contributed by atoms with Gasteiger partial charge in [-0.25, -0.2) is 8.42 Å². The second kappa shape index (κ2) is 6.56. The molecule has 25 heavy (non-hydrogen) atoms. The van der Waals surface area contributed by atoms with E-state index in [0.717, 1.165) is 4.90 Å². The Morgan fingerprint density at radius 3 is 2.24 bits per heavy atom. The molecular formula is C17H16N2O5S. The summed E-state index contributed by atoms with van der Waals surface area (Å²) in [7, 11) is -2.31. The van der Waals surface area contributed by atoms with Gasteiger partial charge in [-0.1, -0.05) is 6.07 Å². The predicted molar refractivity (Wildman–Crippen MR) is 92.0 cm³/mol. The Morgan fingerprint density at radius 1 is 1.00 bits per heavy atom. The number of hydrogen-bond acceptors (Lipinski definition) is 5. The van der Waals surface area contributed by atoms with Crippen molar-refractivity contribution in [1.82, 2.24) is 0 Å². The Kier molecular flexibility index (Phi) is 4.45. The van der Waals surface area contributed by atoms with E-state index < -0.39 is 10.0 Å². The fraction of sp³-hybridized carbons (Fsp3) is 0.176. The number of methoxy groups -OCH3 is 1. The third-order valence-electron chi connectivity index (χ3n) is 3.78. The summed E-state index contributed by atoms with van der Waals surface area (Å²) >= 11 is 0. The molecule has 0 saturated carbocycles. The number of benzene rings is 2. The SMILES string of the molecule is COc1cccc(NS(=O)(=O)c2ccc(N3C(=O)CCC3=O)cc2)c1. The number of ether oxygens (including phenoxy) is 1. The Bertz CT molecular complexity index is 906. The van der Waals surface area contributed by atoms with Gasteiger partial charge in [-0.05, 0) is 36.4 Å². The predicted octanol–water partition coefficient (Wildman–Crippen LogP) is 2.15. The number of amides is 2.